The van der Waals surface area contributed by atoms with E-state index in [-0.39, 0.29) is 11.9 Å². The van der Waals surface area contributed by atoms with Crippen molar-refractivity contribution < 1.29 is 14.3 Å². The summed E-state index contributed by atoms with van der Waals surface area (Å²) in [5.41, 5.74) is 2.90. The number of benzene rings is 2. The lowest BCUT2D eigenvalue weighted by molar-refractivity contribution is -0.127. The molecule has 34 heavy (non-hydrogen) atoms. The van der Waals surface area contributed by atoms with Crippen molar-refractivity contribution in [2.45, 2.75) is 50.2 Å². The van der Waals surface area contributed by atoms with E-state index in [9.17, 15) is 9.59 Å². The molecule has 2 aliphatic rings. The summed E-state index contributed by atoms with van der Waals surface area (Å²) in [4.78, 5) is 32.0. The van der Waals surface area contributed by atoms with Crippen molar-refractivity contribution in [2.24, 2.45) is 0 Å². The number of nitrogens with zero attached hydrogens (tertiary/aromatic N) is 4. The van der Waals surface area contributed by atoms with Crippen LogP contribution in [0.5, 0.6) is 0 Å². The van der Waals surface area contributed by atoms with Gasteiger partial charge in [0.25, 0.3) is 0 Å². The molecule has 0 radical (unpaired) electrons. The summed E-state index contributed by atoms with van der Waals surface area (Å²) in [6.45, 7) is 0.937. The summed E-state index contributed by atoms with van der Waals surface area (Å²) in [5.74, 6) is 0.768. The molecule has 0 bridgehead atoms. The molecule has 1 aliphatic heterocycles. The van der Waals surface area contributed by atoms with Crippen LogP contribution in [0.3, 0.4) is 0 Å². The molecule has 5 rings (SSSR count). The molecule has 2 heterocycles. The largest absolute Gasteiger partial charge is 0.453 e. The molecule has 1 saturated carbocycles. The first-order chi connectivity index (χ1) is 16.5. The second kappa shape index (κ2) is 8.65. The first-order valence-corrected chi connectivity index (χ1v) is 11.6. The van der Waals surface area contributed by atoms with Crippen molar-refractivity contribution in [3.05, 3.63) is 58.9 Å². The molecule has 2 amide bonds. The second-order valence-electron chi connectivity index (χ2n) is 8.81. The van der Waals surface area contributed by atoms with Gasteiger partial charge in [0.2, 0.25) is 5.91 Å². The maximum Gasteiger partial charge on any atom is 0.407 e. The normalized spacial score (nSPS) is 20.8. The van der Waals surface area contributed by atoms with Gasteiger partial charge in [0, 0.05) is 29.7 Å². The van der Waals surface area contributed by atoms with Crippen molar-refractivity contribution in [1.82, 2.24) is 14.9 Å². The lowest BCUT2D eigenvalue weighted by Crippen LogP contribution is -2.57. The molecule has 2 aromatic carbocycles. The quantitative estimate of drug-likeness (QED) is 0.533. The number of anilines is 1. The third-order valence-electron chi connectivity index (χ3n) is 6.82. The average molecular weight is 478 g/mol. The monoisotopic (exact) mass is 477 g/mol. The number of ether oxygens (including phenoxy) is 1. The van der Waals surface area contributed by atoms with Crippen LogP contribution in [-0.4, -0.2) is 34.7 Å². The van der Waals surface area contributed by atoms with Gasteiger partial charge in [-0.1, -0.05) is 29.8 Å². The first-order valence-electron chi connectivity index (χ1n) is 11.2. The Balaban J connectivity index is 1.47. The first kappa shape index (κ1) is 22.2. The highest BCUT2D eigenvalue weighted by Gasteiger charge is 2.58. The highest BCUT2D eigenvalue weighted by atomic mass is 35.5. The number of methoxy groups -OCH3 is 1. The van der Waals surface area contributed by atoms with Crippen molar-refractivity contribution in [2.75, 3.05) is 12.0 Å². The van der Waals surface area contributed by atoms with Crippen LogP contribution >= 0.6 is 11.6 Å². The van der Waals surface area contributed by atoms with Crippen molar-refractivity contribution in [1.29, 1.82) is 5.26 Å². The van der Waals surface area contributed by atoms with Gasteiger partial charge in [-0.3, -0.25) is 4.79 Å². The molecule has 1 spiro atoms. The van der Waals surface area contributed by atoms with Crippen molar-refractivity contribution >= 4 is 40.3 Å². The molecule has 174 valence electrons. The fourth-order valence-electron chi connectivity index (χ4n) is 5.24. The Morgan fingerprint density at radius 1 is 1.32 bits per heavy atom. The number of imidazole rings is 1. The van der Waals surface area contributed by atoms with E-state index in [2.05, 4.69) is 16.0 Å². The fourth-order valence-corrected chi connectivity index (χ4v) is 5.40. The van der Waals surface area contributed by atoms with Crippen LogP contribution in [0, 0.1) is 11.3 Å². The van der Waals surface area contributed by atoms with Gasteiger partial charge in [0.15, 0.2) is 0 Å². The standard InChI is InChI=1S/C25H24ClN5O3/c1-34-24(33)28-17-13-25(14-17)18-6-2-3-7-20(18)31(23(25)32)15-22-29-19-12-16(26)8-9-21(19)30(22)11-5-4-10-27/h2-3,6-9,12,17H,4-5,11,13-15H2,1H3,(H,28,33)/t17-,25-. The summed E-state index contributed by atoms with van der Waals surface area (Å²) in [6.07, 6.45) is 1.70. The maximum atomic E-state index is 13.8. The zero-order valence-electron chi connectivity index (χ0n) is 18.8. The van der Waals surface area contributed by atoms with Gasteiger partial charge in [0.1, 0.15) is 5.82 Å². The number of para-hydroxylation sites is 1. The van der Waals surface area contributed by atoms with E-state index >= 15 is 0 Å². The van der Waals surface area contributed by atoms with Crippen LogP contribution < -0.4 is 10.2 Å². The molecule has 1 fully saturated rings. The third kappa shape index (κ3) is 3.57. The van der Waals surface area contributed by atoms with Crippen molar-refractivity contribution in [3.63, 3.8) is 0 Å². The predicted octanol–water partition coefficient (Wildman–Crippen LogP) is 4.30. The summed E-state index contributed by atoms with van der Waals surface area (Å²) >= 11 is 6.20. The molecule has 0 unspecified atom stereocenters. The van der Waals surface area contributed by atoms with Crippen LogP contribution in [0.4, 0.5) is 10.5 Å². The zero-order chi connectivity index (χ0) is 23.9. The van der Waals surface area contributed by atoms with E-state index in [1.807, 2.05) is 42.5 Å². The van der Waals surface area contributed by atoms with Gasteiger partial charge < -0.3 is 19.5 Å². The summed E-state index contributed by atoms with van der Waals surface area (Å²) in [7, 11) is 1.33. The fraction of sp³-hybridized carbons (Fsp3) is 0.360. The minimum atomic E-state index is -0.650. The van der Waals surface area contributed by atoms with E-state index in [0.717, 1.165) is 28.1 Å². The number of carbonyl (C=O) groups is 2. The number of hydrogen-bond acceptors (Lipinski definition) is 5. The minimum absolute atomic E-state index is 0.0188. The van der Waals surface area contributed by atoms with Crippen LogP contribution in [0.25, 0.3) is 11.0 Å². The molecular formula is C25H24ClN5O3. The topological polar surface area (TPSA) is 100 Å². The number of rotatable bonds is 6. The molecule has 0 saturated heterocycles. The maximum absolute atomic E-state index is 13.8. The van der Waals surface area contributed by atoms with E-state index < -0.39 is 11.5 Å². The number of fused-ring (bicyclic) bond motifs is 3. The summed E-state index contributed by atoms with van der Waals surface area (Å²) < 4.78 is 6.78. The van der Waals surface area contributed by atoms with Gasteiger partial charge in [0.05, 0.1) is 36.2 Å². The third-order valence-corrected chi connectivity index (χ3v) is 7.06. The van der Waals surface area contributed by atoms with E-state index in [1.54, 1.807) is 4.90 Å². The second-order valence-corrected chi connectivity index (χ2v) is 9.24. The highest BCUT2D eigenvalue weighted by molar-refractivity contribution is 6.31. The Morgan fingerprint density at radius 2 is 2.12 bits per heavy atom. The SMILES string of the molecule is COC(=O)N[C@H]1C[C@@]2(C1)C(=O)N(Cc1nc3cc(Cl)ccc3n1CCCC#N)c1ccccc12. The van der Waals surface area contributed by atoms with Gasteiger partial charge in [-0.25, -0.2) is 9.78 Å². The molecule has 1 N–H and O–H groups in total. The molecule has 8 nitrogen and oxygen atoms in total. The van der Waals surface area contributed by atoms with Crippen molar-refractivity contribution in [3.8, 4) is 6.07 Å². The lowest BCUT2D eigenvalue weighted by Gasteiger charge is -2.43. The summed E-state index contributed by atoms with van der Waals surface area (Å²) in [5, 5.41) is 12.4. The molecular weight excluding hydrogens is 454 g/mol. The molecule has 9 heteroatoms. The minimum Gasteiger partial charge on any atom is -0.453 e. The molecule has 1 aromatic heterocycles. The van der Waals surface area contributed by atoms with Gasteiger partial charge >= 0.3 is 6.09 Å². The Kier molecular flexibility index (Phi) is 5.66. The van der Waals surface area contributed by atoms with Crippen LogP contribution in [-0.2, 0) is 28.0 Å². The highest BCUT2D eigenvalue weighted by Crippen LogP contribution is 2.53. The number of nitrogens with one attached hydrogen (secondary N) is 1. The van der Waals surface area contributed by atoms with Gasteiger partial charge in [-0.05, 0) is 49.1 Å². The number of aromatic nitrogens is 2. The Morgan fingerprint density at radius 3 is 2.88 bits per heavy atom. The number of nitriles is 1. The zero-order valence-corrected chi connectivity index (χ0v) is 19.5. The Labute approximate surface area is 202 Å². The number of unbranched alkanes of at least 4 members (excludes halogenated alkanes) is 1. The number of amides is 2. The van der Waals surface area contributed by atoms with Crippen LogP contribution in [0.15, 0.2) is 42.5 Å². The van der Waals surface area contributed by atoms with E-state index in [0.29, 0.717) is 43.8 Å². The number of hydrogen-bond donors (Lipinski definition) is 1. The van der Waals surface area contributed by atoms with E-state index in [1.165, 1.54) is 7.11 Å². The van der Waals surface area contributed by atoms with Crippen LogP contribution in [0.1, 0.15) is 37.1 Å². The lowest BCUT2D eigenvalue weighted by atomic mass is 9.62. The predicted molar refractivity (Wildman–Crippen MR) is 127 cm³/mol. The van der Waals surface area contributed by atoms with Gasteiger partial charge in [-0.15, -0.1) is 0 Å². The number of alkyl carbamates (subject to hydrolysis) is 1. The number of halogens is 1. The smallest absolute Gasteiger partial charge is 0.407 e. The Hall–Kier alpha value is -3.57. The van der Waals surface area contributed by atoms with E-state index in [4.69, 9.17) is 26.6 Å². The van der Waals surface area contributed by atoms with Crippen LogP contribution in [0.2, 0.25) is 5.02 Å². The van der Waals surface area contributed by atoms with Gasteiger partial charge in [-0.2, -0.15) is 5.26 Å². The Bertz CT molecular complexity index is 1320. The number of aryl methyl sites for hydroxylation is 1. The molecule has 3 aromatic rings. The molecule has 0 atom stereocenters. The summed E-state index contributed by atoms with van der Waals surface area (Å²) in [6, 6.07) is 15.5. The number of carbonyl (C=O) groups excluding carboxylic acids is 2. The average Bonchev–Trinajstić information content (AvgIpc) is 3.26. The molecule has 1 aliphatic carbocycles.